The van der Waals surface area contributed by atoms with Crippen LogP contribution >= 0.6 is 0 Å². The van der Waals surface area contributed by atoms with Crippen LogP contribution in [0.1, 0.15) is 23.2 Å². The molecule has 0 saturated heterocycles. The zero-order valence-corrected chi connectivity index (χ0v) is 8.82. The summed E-state index contributed by atoms with van der Waals surface area (Å²) in [7, 11) is 2.09. The highest BCUT2D eigenvalue weighted by molar-refractivity contribution is 6.07. The van der Waals surface area contributed by atoms with Crippen LogP contribution in [0.5, 0.6) is 0 Å². The summed E-state index contributed by atoms with van der Waals surface area (Å²) in [5.41, 5.74) is 3.96. The van der Waals surface area contributed by atoms with Gasteiger partial charge in [0.2, 0.25) is 0 Å². The van der Waals surface area contributed by atoms with Gasteiger partial charge in [-0.1, -0.05) is 0 Å². The van der Waals surface area contributed by atoms with Gasteiger partial charge in [0.05, 0.1) is 18.6 Å². The summed E-state index contributed by atoms with van der Waals surface area (Å²) in [6.07, 6.45) is 6.23. The first-order valence-corrected chi connectivity index (χ1v) is 5.33. The highest BCUT2D eigenvalue weighted by atomic mass is 15.1. The molecule has 0 saturated carbocycles. The van der Waals surface area contributed by atoms with Crippen LogP contribution in [0, 0.1) is 0 Å². The van der Waals surface area contributed by atoms with E-state index in [-0.39, 0.29) is 0 Å². The second-order valence-electron chi connectivity index (χ2n) is 4.03. The van der Waals surface area contributed by atoms with Crippen molar-refractivity contribution >= 4 is 12.2 Å². The first-order valence-electron chi connectivity index (χ1n) is 5.33. The van der Waals surface area contributed by atoms with Crippen LogP contribution in [0.2, 0.25) is 0 Å². The van der Waals surface area contributed by atoms with Crippen molar-refractivity contribution in [2.24, 2.45) is 17.0 Å². The van der Waals surface area contributed by atoms with Crippen molar-refractivity contribution in [1.29, 1.82) is 0 Å². The van der Waals surface area contributed by atoms with E-state index in [4.69, 9.17) is 0 Å². The lowest BCUT2D eigenvalue weighted by atomic mass is 10.1. The maximum atomic E-state index is 4.57. The van der Waals surface area contributed by atoms with Crippen molar-refractivity contribution in [3.05, 3.63) is 23.0 Å². The first-order chi connectivity index (χ1) is 7.36. The Morgan fingerprint density at radius 3 is 3.33 bits per heavy atom. The van der Waals surface area contributed by atoms with E-state index in [1.807, 2.05) is 0 Å². The predicted octanol–water partition coefficient (Wildman–Crippen LogP) is 0.849. The van der Waals surface area contributed by atoms with Gasteiger partial charge in [-0.2, -0.15) is 0 Å². The molecule has 1 aromatic rings. The molecule has 0 unspecified atom stereocenters. The Morgan fingerprint density at radius 2 is 2.40 bits per heavy atom. The van der Waals surface area contributed by atoms with E-state index in [9.17, 15) is 0 Å². The van der Waals surface area contributed by atoms with Crippen LogP contribution in [0.3, 0.4) is 0 Å². The maximum Gasteiger partial charge on any atom is 0.135 e. The van der Waals surface area contributed by atoms with Gasteiger partial charge in [0.15, 0.2) is 0 Å². The molecule has 0 aromatic carbocycles. The van der Waals surface area contributed by atoms with Crippen LogP contribution in [0.15, 0.2) is 16.2 Å². The molecule has 15 heavy (non-hydrogen) atoms. The van der Waals surface area contributed by atoms with Gasteiger partial charge in [-0.05, 0) is 18.4 Å². The molecule has 0 atom stereocenters. The standard InChI is InChI=1S/C11H14N4/c1-15-6-8-3-2-4-13-11-10(8)9(15)5-12-7-14-11/h6-7H,2-5H2,1H3,(H,12,13,14). The molecule has 4 nitrogen and oxygen atoms in total. The van der Waals surface area contributed by atoms with E-state index in [0.717, 1.165) is 31.8 Å². The van der Waals surface area contributed by atoms with Gasteiger partial charge < -0.3 is 9.88 Å². The van der Waals surface area contributed by atoms with Gasteiger partial charge in [-0.25, -0.2) is 0 Å². The fourth-order valence-corrected chi connectivity index (χ4v) is 2.30. The molecular weight excluding hydrogens is 188 g/mol. The second-order valence-corrected chi connectivity index (χ2v) is 4.03. The quantitative estimate of drug-likeness (QED) is 0.665. The third-order valence-corrected chi connectivity index (χ3v) is 3.03. The molecule has 3 heterocycles. The van der Waals surface area contributed by atoms with E-state index in [1.165, 1.54) is 16.8 Å². The molecule has 1 N–H and O–H groups in total. The minimum Gasteiger partial charge on any atom is -0.352 e. The SMILES string of the molecule is Cn1cc2c3c1CN=CNC3=NCCC2. The molecule has 3 rings (SSSR count). The average Bonchev–Trinajstić information content (AvgIpc) is 2.44. The van der Waals surface area contributed by atoms with E-state index < -0.39 is 0 Å². The second kappa shape index (κ2) is 3.22. The van der Waals surface area contributed by atoms with Crippen molar-refractivity contribution in [2.75, 3.05) is 6.54 Å². The fourth-order valence-electron chi connectivity index (χ4n) is 2.30. The van der Waals surface area contributed by atoms with Crippen molar-refractivity contribution in [3.63, 3.8) is 0 Å². The van der Waals surface area contributed by atoms with Gasteiger partial charge >= 0.3 is 0 Å². The minimum atomic E-state index is 0.748. The van der Waals surface area contributed by atoms with Crippen molar-refractivity contribution in [2.45, 2.75) is 19.4 Å². The van der Waals surface area contributed by atoms with E-state index in [0.29, 0.717) is 0 Å². The van der Waals surface area contributed by atoms with Crippen molar-refractivity contribution < 1.29 is 0 Å². The fraction of sp³-hybridized carbons (Fsp3) is 0.455. The smallest absolute Gasteiger partial charge is 0.135 e. The van der Waals surface area contributed by atoms with E-state index in [1.54, 1.807) is 6.34 Å². The molecule has 1 aromatic heterocycles. The molecular formula is C11H14N4. The Hall–Kier alpha value is -1.58. The average molecular weight is 202 g/mol. The molecule has 0 radical (unpaired) electrons. The van der Waals surface area contributed by atoms with Crippen LogP contribution in [0.4, 0.5) is 0 Å². The maximum absolute atomic E-state index is 4.57. The molecule has 0 aliphatic carbocycles. The number of aromatic nitrogens is 1. The summed E-state index contributed by atoms with van der Waals surface area (Å²) in [4.78, 5) is 8.87. The van der Waals surface area contributed by atoms with Gasteiger partial charge in [0.25, 0.3) is 0 Å². The topological polar surface area (TPSA) is 41.7 Å². The first kappa shape index (κ1) is 8.71. The molecule has 0 amide bonds. The van der Waals surface area contributed by atoms with Crippen molar-refractivity contribution in [3.8, 4) is 0 Å². The zero-order chi connectivity index (χ0) is 10.3. The zero-order valence-electron chi connectivity index (χ0n) is 8.82. The number of amidine groups is 1. The number of nitrogens with one attached hydrogen (secondary N) is 1. The lowest BCUT2D eigenvalue weighted by Crippen LogP contribution is -2.22. The molecule has 0 spiro atoms. The Kier molecular flexibility index (Phi) is 1.87. The summed E-state index contributed by atoms with van der Waals surface area (Å²) >= 11 is 0. The Balaban J connectivity index is 2.24. The summed E-state index contributed by atoms with van der Waals surface area (Å²) in [6.45, 7) is 1.66. The van der Waals surface area contributed by atoms with Crippen LogP contribution < -0.4 is 5.32 Å². The van der Waals surface area contributed by atoms with Crippen LogP contribution in [-0.4, -0.2) is 23.3 Å². The van der Waals surface area contributed by atoms with E-state index in [2.05, 4.69) is 33.1 Å². The number of nitrogens with zero attached hydrogens (tertiary/aromatic N) is 3. The van der Waals surface area contributed by atoms with Crippen LogP contribution in [0.25, 0.3) is 0 Å². The largest absolute Gasteiger partial charge is 0.352 e. The molecule has 0 bridgehead atoms. The summed E-state index contributed by atoms with van der Waals surface area (Å²) in [6, 6.07) is 0. The summed E-state index contributed by atoms with van der Waals surface area (Å²) in [5, 5.41) is 3.18. The Morgan fingerprint density at radius 1 is 1.47 bits per heavy atom. The highest BCUT2D eigenvalue weighted by Crippen LogP contribution is 2.23. The molecule has 4 heteroatoms. The normalized spacial score (nSPS) is 18.6. The Labute approximate surface area is 88.7 Å². The molecule has 0 fully saturated rings. The number of hydrogen-bond donors (Lipinski definition) is 1. The number of aryl methyl sites for hydroxylation is 2. The lowest BCUT2D eigenvalue weighted by molar-refractivity contribution is 0.811. The van der Waals surface area contributed by atoms with Gasteiger partial charge in [0, 0.05) is 25.4 Å². The van der Waals surface area contributed by atoms with Crippen molar-refractivity contribution in [1.82, 2.24) is 9.88 Å². The predicted molar refractivity (Wildman–Crippen MR) is 60.5 cm³/mol. The number of aliphatic imine (C=N–C) groups is 2. The molecule has 78 valence electrons. The lowest BCUT2D eigenvalue weighted by Gasteiger charge is -2.04. The third-order valence-electron chi connectivity index (χ3n) is 3.03. The van der Waals surface area contributed by atoms with Gasteiger partial charge in [-0.3, -0.25) is 9.98 Å². The minimum absolute atomic E-state index is 0.748. The Bertz CT molecular complexity index is 453. The summed E-state index contributed by atoms with van der Waals surface area (Å²) in [5.74, 6) is 0.999. The number of hydrogen-bond acceptors (Lipinski definition) is 3. The monoisotopic (exact) mass is 202 g/mol. The van der Waals surface area contributed by atoms with E-state index >= 15 is 0 Å². The molecule has 2 aliphatic rings. The molecule has 2 aliphatic heterocycles. The van der Waals surface area contributed by atoms with Gasteiger partial charge in [-0.15, -0.1) is 0 Å². The third kappa shape index (κ3) is 1.28. The van der Waals surface area contributed by atoms with Gasteiger partial charge in [0.1, 0.15) is 5.84 Å². The summed E-state index contributed by atoms with van der Waals surface area (Å²) < 4.78 is 2.18. The highest BCUT2D eigenvalue weighted by Gasteiger charge is 2.21. The van der Waals surface area contributed by atoms with Crippen LogP contribution in [-0.2, 0) is 20.0 Å². The number of rotatable bonds is 0.